The molecule has 1 atom stereocenters. The number of nitrogens with one attached hydrogen (secondary N) is 2. The molecular formula is C17H23N6O3S+. The number of hydrogen-bond donors (Lipinski definition) is 3. The minimum Gasteiger partial charge on any atom is -0.330 e. The molecule has 1 aliphatic rings. The van der Waals surface area contributed by atoms with E-state index < -0.39 is 10.0 Å². The van der Waals surface area contributed by atoms with E-state index in [0.717, 1.165) is 26.2 Å². The number of benzene rings is 1. The average molecular weight is 391 g/mol. The van der Waals surface area contributed by atoms with Gasteiger partial charge in [-0.3, -0.25) is 4.79 Å². The van der Waals surface area contributed by atoms with Gasteiger partial charge in [0.1, 0.15) is 0 Å². The molecule has 0 spiro atoms. The Morgan fingerprint density at radius 1 is 1.19 bits per heavy atom. The predicted octanol–water partition coefficient (Wildman–Crippen LogP) is -1.14. The van der Waals surface area contributed by atoms with Gasteiger partial charge in [0.2, 0.25) is 16.0 Å². The lowest BCUT2D eigenvalue weighted by Gasteiger charge is -2.34. The largest absolute Gasteiger partial charge is 0.330 e. The highest BCUT2D eigenvalue weighted by molar-refractivity contribution is 7.89. The summed E-state index contributed by atoms with van der Waals surface area (Å²) in [5.41, 5.74) is 0.537. The second kappa shape index (κ2) is 7.99. The summed E-state index contributed by atoms with van der Waals surface area (Å²) in [6.45, 7) is 5.05. The maximum absolute atomic E-state index is 12.5. The van der Waals surface area contributed by atoms with Crippen molar-refractivity contribution in [1.29, 1.82) is 0 Å². The second-order valence-electron chi connectivity index (χ2n) is 6.47. The maximum atomic E-state index is 12.5. The van der Waals surface area contributed by atoms with Crippen molar-refractivity contribution < 1.29 is 18.1 Å². The summed E-state index contributed by atoms with van der Waals surface area (Å²) in [4.78, 5) is 24.4. The number of primary sulfonamides is 1. The first-order chi connectivity index (χ1) is 12.8. The Bertz CT molecular complexity index is 881. The van der Waals surface area contributed by atoms with Gasteiger partial charge in [-0.05, 0) is 37.3 Å². The molecule has 4 N–H and O–H groups in total. The van der Waals surface area contributed by atoms with Crippen molar-refractivity contribution in [3.05, 3.63) is 42.7 Å². The quantitative estimate of drug-likeness (QED) is 0.592. The average Bonchev–Trinajstić information content (AvgIpc) is 2.68. The molecule has 1 aromatic heterocycles. The molecule has 0 bridgehead atoms. The Morgan fingerprint density at radius 2 is 1.78 bits per heavy atom. The van der Waals surface area contributed by atoms with Crippen molar-refractivity contribution in [2.24, 2.45) is 5.14 Å². The van der Waals surface area contributed by atoms with Crippen molar-refractivity contribution >= 4 is 27.6 Å². The molecule has 1 aliphatic heterocycles. The smallest absolute Gasteiger partial charge is 0.282 e. The van der Waals surface area contributed by atoms with Crippen LogP contribution in [0.15, 0.2) is 47.6 Å². The number of sulfonamides is 1. The zero-order valence-electron chi connectivity index (χ0n) is 15.0. The lowest BCUT2D eigenvalue weighted by atomic mass is 10.2. The first-order valence-electron chi connectivity index (χ1n) is 8.65. The summed E-state index contributed by atoms with van der Waals surface area (Å²) in [5.74, 6) is 0.598. The van der Waals surface area contributed by atoms with E-state index in [4.69, 9.17) is 5.14 Å². The molecule has 2 aromatic rings. The molecule has 2 heterocycles. The summed E-state index contributed by atoms with van der Waals surface area (Å²) in [7, 11) is -3.74. The molecule has 1 fully saturated rings. The van der Waals surface area contributed by atoms with Gasteiger partial charge in [-0.15, -0.1) is 0 Å². The van der Waals surface area contributed by atoms with Crippen LogP contribution in [-0.2, 0) is 14.8 Å². The highest BCUT2D eigenvalue weighted by Gasteiger charge is 2.30. The number of anilines is 2. The Labute approximate surface area is 158 Å². The zero-order chi connectivity index (χ0) is 19.4. The fourth-order valence-electron chi connectivity index (χ4n) is 3.05. The van der Waals surface area contributed by atoms with Gasteiger partial charge in [-0.1, -0.05) is 0 Å². The number of piperazine rings is 1. The molecule has 9 nitrogen and oxygen atoms in total. The molecule has 0 aliphatic carbocycles. The SMILES string of the molecule is C[C@@H](C(=O)Nc1ccc(S(N)(=O)=O)cc1)[NH+]1CCN(c2ncccn2)CC1. The van der Waals surface area contributed by atoms with Gasteiger partial charge < -0.3 is 15.1 Å². The Morgan fingerprint density at radius 3 is 2.33 bits per heavy atom. The van der Waals surface area contributed by atoms with Crippen molar-refractivity contribution in [1.82, 2.24) is 9.97 Å². The van der Waals surface area contributed by atoms with Crippen LogP contribution >= 0.6 is 0 Å². The lowest BCUT2D eigenvalue weighted by molar-refractivity contribution is -0.914. The zero-order valence-corrected chi connectivity index (χ0v) is 15.8. The van der Waals surface area contributed by atoms with Crippen LogP contribution in [0.25, 0.3) is 0 Å². The van der Waals surface area contributed by atoms with Gasteiger partial charge in [0.25, 0.3) is 5.91 Å². The van der Waals surface area contributed by atoms with E-state index in [9.17, 15) is 13.2 Å². The van der Waals surface area contributed by atoms with Crippen LogP contribution in [0.5, 0.6) is 0 Å². The molecule has 10 heteroatoms. The summed E-state index contributed by atoms with van der Waals surface area (Å²) in [6.07, 6.45) is 3.44. The number of nitrogens with two attached hydrogens (primary N) is 1. The van der Waals surface area contributed by atoms with Gasteiger partial charge in [0, 0.05) is 18.1 Å². The van der Waals surface area contributed by atoms with Crippen LogP contribution in [0, 0.1) is 0 Å². The van der Waals surface area contributed by atoms with Crippen LogP contribution in [0.3, 0.4) is 0 Å². The fourth-order valence-corrected chi connectivity index (χ4v) is 3.56. The van der Waals surface area contributed by atoms with E-state index in [-0.39, 0.29) is 16.8 Å². The molecule has 27 heavy (non-hydrogen) atoms. The van der Waals surface area contributed by atoms with E-state index in [2.05, 4.69) is 20.2 Å². The van der Waals surface area contributed by atoms with E-state index in [1.54, 1.807) is 18.5 Å². The number of amides is 1. The minimum atomic E-state index is -3.74. The molecule has 0 saturated carbocycles. The number of aromatic nitrogens is 2. The van der Waals surface area contributed by atoms with Crippen LogP contribution in [-0.4, -0.2) is 56.5 Å². The van der Waals surface area contributed by atoms with Crippen molar-refractivity contribution in [3.63, 3.8) is 0 Å². The topological polar surface area (TPSA) is 123 Å². The second-order valence-corrected chi connectivity index (χ2v) is 8.04. The number of hydrogen-bond acceptors (Lipinski definition) is 6. The number of nitrogens with zero attached hydrogens (tertiary/aromatic N) is 3. The standard InChI is InChI=1S/C17H22N6O3S/c1-13(16(24)21-14-3-5-15(6-4-14)27(18,25)26)22-9-11-23(12-10-22)17-19-7-2-8-20-17/h2-8,13H,9-12H2,1H3,(H,21,24)(H2,18,25,26)/p+1/t13-/m0/s1. The molecule has 144 valence electrons. The van der Waals surface area contributed by atoms with Crippen molar-refractivity contribution in [3.8, 4) is 0 Å². The Hall–Kier alpha value is -2.56. The highest BCUT2D eigenvalue weighted by Crippen LogP contribution is 2.13. The molecule has 1 aromatic carbocycles. The van der Waals surface area contributed by atoms with Crippen LogP contribution < -0.4 is 20.3 Å². The first-order valence-corrected chi connectivity index (χ1v) is 10.2. The van der Waals surface area contributed by atoms with E-state index in [0.29, 0.717) is 11.6 Å². The van der Waals surface area contributed by atoms with Crippen LogP contribution in [0.4, 0.5) is 11.6 Å². The lowest BCUT2D eigenvalue weighted by Crippen LogP contribution is -3.19. The minimum absolute atomic E-state index is 0.0124. The summed E-state index contributed by atoms with van der Waals surface area (Å²) in [5, 5.41) is 7.90. The van der Waals surface area contributed by atoms with E-state index >= 15 is 0 Å². The third kappa shape index (κ3) is 4.79. The third-order valence-corrected chi connectivity index (χ3v) is 5.63. The number of carbonyl (C=O) groups is 1. The van der Waals surface area contributed by atoms with Crippen LogP contribution in [0.2, 0.25) is 0 Å². The monoisotopic (exact) mass is 391 g/mol. The van der Waals surface area contributed by atoms with E-state index in [1.807, 2.05) is 6.92 Å². The number of quaternary nitrogens is 1. The fraction of sp³-hybridized carbons (Fsp3) is 0.353. The molecule has 3 rings (SSSR count). The number of rotatable bonds is 5. The summed E-state index contributed by atoms with van der Waals surface area (Å²) < 4.78 is 22.6. The molecule has 0 unspecified atom stereocenters. The van der Waals surface area contributed by atoms with Crippen LogP contribution in [0.1, 0.15) is 6.92 Å². The predicted molar refractivity (Wildman–Crippen MR) is 101 cm³/mol. The van der Waals surface area contributed by atoms with Gasteiger partial charge in [-0.25, -0.2) is 23.5 Å². The van der Waals surface area contributed by atoms with Gasteiger partial charge in [-0.2, -0.15) is 0 Å². The first kappa shape index (κ1) is 19.2. The van der Waals surface area contributed by atoms with Gasteiger partial charge >= 0.3 is 0 Å². The molecular weight excluding hydrogens is 368 g/mol. The summed E-state index contributed by atoms with van der Waals surface area (Å²) >= 11 is 0. The van der Waals surface area contributed by atoms with Crippen molar-refractivity contribution in [2.75, 3.05) is 36.4 Å². The Kier molecular flexibility index (Phi) is 5.68. The van der Waals surface area contributed by atoms with Gasteiger partial charge in [0.15, 0.2) is 6.04 Å². The van der Waals surface area contributed by atoms with Gasteiger partial charge in [0.05, 0.1) is 31.1 Å². The third-order valence-electron chi connectivity index (χ3n) is 4.70. The maximum Gasteiger partial charge on any atom is 0.282 e. The molecule has 0 radical (unpaired) electrons. The molecule has 1 amide bonds. The Balaban J connectivity index is 1.55. The molecule has 1 saturated heterocycles. The highest BCUT2D eigenvalue weighted by atomic mass is 32.2. The normalized spacial score (nSPS) is 16.7. The van der Waals surface area contributed by atoms with E-state index in [1.165, 1.54) is 29.2 Å². The van der Waals surface area contributed by atoms with Crippen molar-refractivity contribution in [2.45, 2.75) is 17.9 Å². The summed E-state index contributed by atoms with van der Waals surface area (Å²) in [6, 6.07) is 7.37. The number of carbonyl (C=O) groups excluding carboxylic acids is 1.